The van der Waals surface area contributed by atoms with E-state index in [1.54, 1.807) is 24.3 Å². The summed E-state index contributed by atoms with van der Waals surface area (Å²) in [5, 5.41) is 25.9. The summed E-state index contributed by atoms with van der Waals surface area (Å²) >= 11 is 0. The Morgan fingerprint density at radius 1 is 0.857 bits per heavy atom. The van der Waals surface area contributed by atoms with Crippen molar-refractivity contribution in [3.63, 3.8) is 0 Å². The summed E-state index contributed by atoms with van der Waals surface area (Å²) in [4.78, 5) is 0. The number of aliphatic hydroxyl groups excluding tert-OH is 3. The first kappa shape index (κ1) is 13.1. The minimum atomic E-state index is 0.0263. The van der Waals surface area contributed by atoms with E-state index in [4.69, 9.17) is 15.3 Å². The maximum Gasteiger partial charge on any atom is 0.0615 e. The summed E-state index contributed by atoms with van der Waals surface area (Å²) in [6.45, 7) is 0.143. The Morgan fingerprint density at radius 3 is 2.14 bits per heavy atom. The van der Waals surface area contributed by atoms with E-state index in [2.05, 4.69) is 0 Å². The Morgan fingerprint density at radius 2 is 1.57 bits per heavy atom. The van der Waals surface area contributed by atoms with Gasteiger partial charge in [-0.05, 0) is 6.42 Å². The highest BCUT2D eigenvalue weighted by molar-refractivity contribution is 5.05. The van der Waals surface area contributed by atoms with Gasteiger partial charge in [-0.1, -0.05) is 36.5 Å². The van der Waals surface area contributed by atoms with Gasteiger partial charge >= 0.3 is 0 Å². The van der Waals surface area contributed by atoms with Crippen molar-refractivity contribution in [2.45, 2.75) is 6.42 Å². The van der Waals surface area contributed by atoms with Crippen molar-refractivity contribution >= 4 is 0 Å². The molecule has 0 saturated carbocycles. The van der Waals surface area contributed by atoms with Gasteiger partial charge in [-0.15, -0.1) is 0 Å². The van der Waals surface area contributed by atoms with E-state index in [1.165, 1.54) is 0 Å². The quantitative estimate of drug-likeness (QED) is 0.415. The number of allylic oxidation sites excluding steroid dienone is 3. The van der Waals surface area contributed by atoms with Crippen LogP contribution in [0, 0.1) is 5.92 Å². The van der Waals surface area contributed by atoms with Crippen LogP contribution in [0.25, 0.3) is 0 Å². The zero-order valence-electron chi connectivity index (χ0n) is 8.21. The fraction of sp³-hybridized carbons (Fsp3) is 0.455. The summed E-state index contributed by atoms with van der Waals surface area (Å²) in [6, 6.07) is 0. The average Bonchev–Trinajstić information content (AvgIpc) is 2.22. The van der Waals surface area contributed by atoms with E-state index in [9.17, 15) is 0 Å². The molecule has 0 aliphatic rings. The molecular weight excluding hydrogens is 180 g/mol. The highest BCUT2D eigenvalue weighted by atomic mass is 16.3. The van der Waals surface area contributed by atoms with Crippen LogP contribution in [0.15, 0.2) is 36.5 Å². The largest absolute Gasteiger partial charge is 0.396 e. The number of aliphatic hydroxyl groups is 3. The SMILES string of the molecule is OC/C=C/C=C/[C@H](CO)C/C=C/CO. The van der Waals surface area contributed by atoms with Crippen LogP contribution in [-0.2, 0) is 0 Å². The Labute approximate surface area is 84.7 Å². The minimum absolute atomic E-state index is 0.0263. The third kappa shape index (κ3) is 7.73. The maximum atomic E-state index is 8.96. The number of hydrogen-bond donors (Lipinski definition) is 3. The molecule has 0 heterocycles. The molecule has 1 atom stereocenters. The van der Waals surface area contributed by atoms with E-state index in [0.717, 1.165) is 0 Å². The third-order valence-corrected chi connectivity index (χ3v) is 1.68. The van der Waals surface area contributed by atoms with Gasteiger partial charge in [0.15, 0.2) is 0 Å². The normalized spacial score (nSPS) is 14.8. The summed E-state index contributed by atoms with van der Waals surface area (Å²) in [5.41, 5.74) is 0. The molecule has 0 aliphatic heterocycles. The molecule has 0 aromatic rings. The molecule has 0 unspecified atom stereocenters. The molecule has 0 radical (unpaired) electrons. The molecule has 0 bridgehead atoms. The highest BCUT2D eigenvalue weighted by Crippen LogP contribution is 2.05. The molecule has 0 amide bonds. The number of hydrogen-bond acceptors (Lipinski definition) is 3. The van der Waals surface area contributed by atoms with Crippen molar-refractivity contribution in [3.8, 4) is 0 Å². The minimum Gasteiger partial charge on any atom is -0.396 e. The molecule has 0 aliphatic carbocycles. The molecule has 0 spiro atoms. The van der Waals surface area contributed by atoms with Gasteiger partial charge in [-0.2, -0.15) is 0 Å². The van der Waals surface area contributed by atoms with E-state index in [1.807, 2.05) is 12.2 Å². The topological polar surface area (TPSA) is 60.7 Å². The van der Waals surface area contributed by atoms with Crippen molar-refractivity contribution in [1.29, 1.82) is 0 Å². The van der Waals surface area contributed by atoms with Crippen LogP contribution < -0.4 is 0 Å². The molecule has 14 heavy (non-hydrogen) atoms. The van der Waals surface area contributed by atoms with Gasteiger partial charge in [0.25, 0.3) is 0 Å². The molecule has 0 rings (SSSR count). The highest BCUT2D eigenvalue weighted by Gasteiger charge is 1.98. The number of rotatable bonds is 7. The van der Waals surface area contributed by atoms with Crippen molar-refractivity contribution < 1.29 is 15.3 Å². The lowest BCUT2D eigenvalue weighted by Crippen LogP contribution is -2.00. The van der Waals surface area contributed by atoms with Crippen LogP contribution in [-0.4, -0.2) is 35.1 Å². The molecular formula is C11H18O3. The van der Waals surface area contributed by atoms with Gasteiger partial charge in [0.05, 0.1) is 13.2 Å². The van der Waals surface area contributed by atoms with Crippen LogP contribution in [0.2, 0.25) is 0 Å². The summed E-state index contributed by atoms with van der Waals surface area (Å²) < 4.78 is 0. The first-order valence-corrected chi connectivity index (χ1v) is 4.66. The maximum absolute atomic E-state index is 8.96. The van der Waals surface area contributed by atoms with Crippen LogP contribution >= 0.6 is 0 Å². The summed E-state index contributed by atoms with van der Waals surface area (Å²) in [6.07, 6.45) is 11.2. The first-order chi connectivity index (χ1) is 6.85. The van der Waals surface area contributed by atoms with Crippen molar-refractivity contribution in [2.24, 2.45) is 5.92 Å². The lowest BCUT2D eigenvalue weighted by Gasteiger charge is -2.03. The Balaban J connectivity index is 3.83. The molecule has 3 N–H and O–H groups in total. The molecule has 3 heteroatoms. The van der Waals surface area contributed by atoms with Crippen molar-refractivity contribution in [1.82, 2.24) is 0 Å². The van der Waals surface area contributed by atoms with E-state index < -0.39 is 0 Å². The van der Waals surface area contributed by atoms with Gasteiger partial charge in [0, 0.05) is 12.5 Å². The monoisotopic (exact) mass is 198 g/mol. The second-order valence-corrected chi connectivity index (χ2v) is 2.83. The predicted molar refractivity (Wildman–Crippen MR) is 56.8 cm³/mol. The van der Waals surface area contributed by atoms with E-state index >= 15 is 0 Å². The lowest BCUT2D eigenvalue weighted by molar-refractivity contribution is 0.253. The van der Waals surface area contributed by atoms with Crippen LogP contribution in [0.5, 0.6) is 0 Å². The smallest absolute Gasteiger partial charge is 0.0615 e. The molecule has 0 aromatic carbocycles. The van der Waals surface area contributed by atoms with E-state index in [-0.39, 0.29) is 25.7 Å². The Kier molecular flexibility index (Phi) is 9.53. The third-order valence-electron chi connectivity index (χ3n) is 1.68. The van der Waals surface area contributed by atoms with Crippen LogP contribution in [0.1, 0.15) is 6.42 Å². The van der Waals surface area contributed by atoms with Crippen molar-refractivity contribution in [3.05, 3.63) is 36.5 Å². The van der Waals surface area contributed by atoms with Gasteiger partial charge in [-0.25, -0.2) is 0 Å². The molecule has 3 nitrogen and oxygen atoms in total. The van der Waals surface area contributed by atoms with Crippen molar-refractivity contribution in [2.75, 3.05) is 19.8 Å². The fourth-order valence-electron chi connectivity index (χ4n) is 0.920. The van der Waals surface area contributed by atoms with Crippen LogP contribution in [0.4, 0.5) is 0 Å². The second-order valence-electron chi connectivity index (χ2n) is 2.83. The first-order valence-electron chi connectivity index (χ1n) is 4.66. The zero-order valence-corrected chi connectivity index (χ0v) is 8.21. The summed E-state index contributed by atoms with van der Waals surface area (Å²) in [5.74, 6) is 0.0705. The predicted octanol–water partition coefficient (Wildman–Crippen LogP) is 0.638. The lowest BCUT2D eigenvalue weighted by atomic mass is 10.1. The Hall–Kier alpha value is -0.900. The molecule has 0 fully saturated rings. The standard InChI is InChI=1S/C11H18O3/c12-8-4-1-2-6-11(10-14)7-3-5-9-13/h1-6,11-14H,7-10H2/b4-1+,5-3+,6-2+/t11-/m0/s1. The van der Waals surface area contributed by atoms with Gasteiger partial charge in [0.1, 0.15) is 0 Å². The van der Waals surface area contributed by atoms with Gasteiger partial charge in [0.2, 0.25) is 0 Å². The van der Waals surface area contributed by atoms with Gasteiger partial charge < -0.3 is 15.3 Å². The molecule has 0 saturated heterocycles. The van der Waals surface area contributed by atoms with Gasteiger partial charge in [-0.3, -0.25) is 0 Å². The second kappa shape index (κ2) is 10.2. The zero-order chi connectivity index (χ0) is 10.6. The van der Waals surface area contributed by atoms with E-state index in [0.29, 0.717) is 6.42 Å². The van der Waals surface area contributed by atoms with Crippen LogP contribution in [0.3, 0.4) is 0 Å². The average molecular weight is 198 g/mol. The Bertz CT molecular complexity index is 195. The molecule has 0 aromatic heterocycles. The summed E-state index contributed by atoms with van der Waals surface area (Å²) in [7, 11) is 0. The molecule has 80 valence electrons. The fourth-order valence-corrected chi connectivity index (χ4v) is 0.920.